The van der Waals surface area contributed by atoms with E-state index in [-0.39, 0.29) is 0 Å². The first-order chi connectivity index (χ1) is 5.13. The lowest BCUT2D eigenvalue weighted by molar-refractivity contribution is 0.573. The molecule has 0 radical (unpaired) electrons. The van der Waals surface area contributed by atoms with Crippen molar-refractivity contribution in [2.24, 2.45) is 0 Å². The van der Waals surface area contributed by atoms with Crippen LogP contribution >= 0.6 is 0 Å². The van der Waals surface area contributed by atoms with Gasteiger partial charge in [-0.1, -0.05) is 19.4 Å². The van der Waals surface area contributed by atoms with E-state index < -0.39 is 0 Å². The zero-order chi connectivity index (χ0) is 8.85. The van der Waals surface area contributed by atoms with Gasteiger partial charge in [0.15, 0.2) is 0 Å². The topological polar surface area (TPSA) is 27.1 Å². The van der Waals surface area contributed by atoms with E-state index in [1.165, 1.54) is 5.70 Å². The maximum Gasteiger partial charge on any atom is 0.0965 e. The Bertz CT molecular complexity index is 159. The maximum absolute atomic E-state index is 7.40. The van der Waals surface area contributed by atoms with E-state index in [0.717, 1.165) is 12.8 Å². The third-order valence-electron chi connectivity index (χ3n) is 1.77. The minimum absolute atomic E-state index is 0.603. The van der Waals surface area contributed by atoms with E-state index in [0.29, 0.717) is 5.84 Å². The molecule has 64 valence electrons. The minimum atomic E-state index is 0.603. The van der Waals surface area contributed by atoms with E-state index in [9.17, 15) is 0 Å². The molecule has 0 fully saturated rings. The highest BCUT2D eigenvalue weighted by Crippen LogP contribution is 2.08. The molecule has 2 heteroatoms. The second-order valence-corrected chi connectivity index (χ2v) is 2.67. The van der Waals surface area contributed by atoms with Crippen LogP contribution in [0.1, 0.15) is 33.6 Å². The van der Waals surface area contributed by atoms with Crippen LogP contribution in [0.25, 0.3) is 0 Å². The summed E-state index contributed by atoms with van der Waals surface area (Å²) in [6, 6.07) is 0. The number of hydrogen-bond donors (Lipinski definition) is 1. The fraction of sp³-hybridized carbons (Fsp3) is 0.667. The first-order valence-corrected chi connectivity index (χ1v) is 4.07. The van der Waals surface area contributed by atoms with Crippen LogP contribution in [-0.2, 0) is 0 Å². The van der Waals surface area contributed by atoms with Crippen LogP contribution < -0.4 is 0 Å². The zero-order valence-electron chi connectivity index (χ0n) is 7.94. The summed E-state index contributed by atoms with van der Waals surface area (Å²) in [5.41, 5.74) is 1.24. The average molecular weight is 154 g/mol. The number of rotatable bonds is 3. The Morgan fingerprint density at radius 2 is 2.09 bits per heavy atom. The van der Waals surface area contributed by atoms with Crippen molar-refractivity contribution >= 4 is 5.84 Å². The standard InChI is InChI=1S/C9H18N2/c1-5-7-9(6-2)11(4)8(3)10/h6,10H,5,7H2,1-4H3/b9-6-,10-8?. The molecule has 0 aliphatic rings. The monoisotopic (exact) mass is 154 g/mol. The van der Waals surface area contributed by atoms with Crippen molar-refractivity contribution in [3.63, 3.8) is 0 Å². The van der Waals surface area contributed by atoms with Crippen LogP contribution in [0.15, 0.2) is 11.8 Å². The third-order valence-corrected chi connectivity index (χ3v) is 1.77. The minimum Gasteiger partial charge on any atom is -0.338 e. The number of hydrogen-bond acceptors (Lipinski definition) is 1. The first kappa shape index (κ1) is 10.2. The van der Waals surface area contributed by atoms with Gasteiger partial charge in [0.05, 0.1) is 5.84 Å². The van der Waals surface area contributed by atoms with Crippen LogP contribution in [0.4, 0.5) is 0 Å². The van der Waals surface area contributed by atoms with Crippen LogP contribution in [0.5, 0.6) is 0 Å². The molecule has 0 amide bonds. The summed E-state index contributed by atoms with van der Waals surface area (Å²) in [5, 5.41) is 7.40. The maximum atomic E-state index is 7.40. The van der Waals surface area contributed by atoms with Crippen LogP contribution in [-0.4, -0.2) is 17.8 Å². The Balaban J connectivity index is 4.15. The molecule has 1 N–H and O–H groups in total. The van der Waals surface area contributed by atoms with Gasteiger partial charge in [0.2, 0.25) is 0 Å². The highest BCUT2D eigenvalue weighted by atomic mass is 15.1. The lowest BCUT2D eigenvalue weighted by Gasteiger charge is -2.20. The lowest BCUT2D eigenvalue weighted by atomic mass is 10.2. The molecular formula is C9H18N2. The molecule has 0 heterocycles. The predicted octanol–water partition coefficient (Wildman–Crippen LogP) is 2.62. The number of allylic oxidation sites excluding steroid dienone is 2. The van der Waals surface area contributed by atoms with Gasteiger partial charge in [0, 0.05) is 12.7 Å². The summed E-state index contributed by atoms with van der Waals surface area (Å²) >= 11 is 0. The van der Waals surface area contributed by atoms with Gasteiger partial charge in [-0.25, -0.2) is 0 Å². The highest BCUT2D eigenvalue weighted by molar-refractivity contribution is 5.77. The second kappa shape index (κ2) is 4.94. The molecule has 0 aromatic rings. The molecule has 2 nitrogen and oxygen atoms in total. The van der Waals surface area contributed by atoms with Gasteiger partial charge in [-0.15, -0.1) is 0 Å². The summed E-state index contributed by atoms with van der Waals surface area (Å²) in [7, 11) is 1.94. The highest BCUT2D eigenvalue weighted by Gasteiger charge is 2.02. The van der Waals surface area contributed by atoms with Gasteiger partial charge in [0.25, 0.3) is 0 Å². The van der Waals surface area contributed by atoms with Crippen LogP contribution in [0.2, 0.25) is 0 Å². The van der Waals surface area contributed by atoms with Crippen molar-refractivity contribution in [3.05, 3.63) is 11.8 Å². The summed E-state index contributed by atoms with van der Waals surface area (Å²) in [6.45, 7) is 5.97. The molecule has 0 saturated carbocycles. The smallest absolute Gasteiger partial charge is 0.0965 e. The Morgan fingerprint density at radius 1 is 1.55 bits per heavy atom. The van der Waals surface area contributed by atoms with Crippen molar-refractivity contribution in [1.82, 2.24) is 4.90 Å². The predicted molar refractivity (Wildman–Crippen MR) is 49.8 cm³/mol. The van der Waals surface area contributed by atoms with E-state index >= 15 is 0 Å². The largest absolute Gasteiger partial charge is 0.338 e. The molecule has 0 atom stereocenters. The third kappa shape index (κ3) is 3.21. The molecule has 0 aliphatic carbocycles. The molecule has 0 saturated heterocycles. The van der Waals surface area contributed by atoms with E-state index in [1.807, 2.05) is 18.9 Å². The van der Waals surface area contributed by atoms with Gasteiger partial charge in [-0.05, 0) is 20.3 Å². The van der Waals surface area contributed by atoms with Crippen molar-refractivity contribution < 1.29 is 0 Å². The molecule has 0 aromatic heterocycles. The van der Waals surface area contributed by atoms with Gasteiger partial charge in [0.1, 0.15) is 0 Å². The van der Waals surface area contributed by atoms with Crippen molar-refractivity contribution in [2.45, 2.75) is 33.6 Å². The summed E-state index contributed by atoms with van der Waals surface area (Å²) in [6.07, 6.45) is 4.27. The second-order valence-electron chi connectivity index (χ2n) is 2.67. The molecule has 0 aliphatic heterocycles. The fourth-order valence-corrected chi connectivity index (χ4v) is 0.977. The lowest BCUT2D eigenvalue weighted by Crippen LogP contribution is -2.22. The van der Waals surface area contributed by atoms with E-state index in [1.54, 1.807) is 6.92 Å². The summed E-state index contributed by atoms with van der Waals surface area (Å²) in [5.74, 6) is 0.603. The first-order valence-electron chi connectivity index (χ1n) is 4.07. The molecule has 0 rings (SSSR count). The van der Waals surface area contributed by atoms with Gasteiger partial charge >= 0.3 is 0 Å². The SMILES string of the molecule is C/C=C(/CCC)N(C)C(C)=N. The number of nitrogens with zero attached hydrogens (tertiary/aromatic N) is 1. The summed E-state index contributed by atoms with van der Waals surface area (Å²) < 4.78 is 0. The average Bonchev–Trinajstić information content (AvgIpc) is 1.98. The molecule has 0 aromatic carbocycles. The number of amidine groups is 1. The van der Waals surface area contributed by atoms with Crippen LogP contribution in [0, 0.1) is 5.41 Å². The Labute approximate surface area is 69.4 Å². The van der Waals surface area contributed by atoms with Crippen LogP contribution in [0.3, 0.4) is 0 Å². The fourth-order valence-electron chi connectivity index (χ4n) is 0.977. The molecule has 0 spiro atoms. The Kier molecular flexibility index (Phi) is 4.59. The van der Waals surface area contributed by atoms with Crippen molar-refractivity contribution in [3.8, 4) is 0 Å². The van der Waals surface area contributed by atoms with Gasteiger partial charge in [-0.2, -0.15) is 0 Å². The van der Waals surface area contributed by atoms with E-state index in [2.05, 4.69) is 13.0 Å². The zero-order valence-corrected chi connectivity index (χ0v) is 7.94. The van der Waals surface area contributed by atoms with Gasteiger partial charge in [-0.3, -0.25) is 5.41 Å². The summed E-state index contributed by atoms with van der Waals surface area (Å²) in [4.78, 5) is 1.92. The molecule has 11 heavy (non-hydrogen) atoms. The number of nitrogens with one attached hydrogen (secondary N) is 1. The molecule has 0 bridgehead atoms. The molecule has 0 unspecified atom stereocenters. The van der Waals surface area contributed by atoms with Crippen molar-refractivity contribution in [2.75, 3.05) is 7.05 Å². The normalized spacial score (nSPS) is 11.5. The van der Waals surface area contributed by atoms with Crippen molar-refractivity contribution in [1.29, 1.82) is 5.41 Å². The quantitative estimate of drug-likeness (QED) is 0.491. The molecular weight excluding hydrogens is 136 g/mol. The Hall–Kier alpha value is -0.790. The van der Waals surface area contributed by atoms with E-state index in [4.69, 9.17) is 5.41 Å². The van der Waals surface area contributed by atoms with Gasteiger partial charge < -0.3 is 4.90 Å². The Morgan fingerprint density at radius 3 is 2.36 bits per heavy atom.